The van der Waals surface area contributed by atoms with E-state index in [1.165, 1.54) is 0 Å². The number of nitrogens with zero attached hydrogens (tertiary/aromatic N) is 2. The predicted octanol–water partition coefficient (Wildman–Crippen LogP) is 4.06. The van der Waals surface area contributed by atoms with Crippen LogP contribution < -0.4 is 10.9 Å². The average molecular weight is 418 g/mol. The van der Waals surface area contributed by atoms with Crippen molar-refractivity contribution in [2.75, 3.05) is 0 Å². The highest BCUT2D eigenvalue weighted by molar-refractivity contribution is 7.09. The summed E-state index contributed by atoms with van der Waals surface area (Å²) in [5.74, 6) is -0.0804. The van der Waals surface area contributed by atoms with Crippen molar-refractivity contribution in [1.82, 2.24) is 14.9 Å². The van der Waals surface area contributed by atoms with Crippen molar-refractivity contribution in [3.8, 4) is 0 Å². The van der Waals surface area contributed by atoms with Crippen LogP contribution >= 0.6 is 11.3 Å². The number of carbonyl (C=O) groups excluding carboxylic acids is 1. The summed E-state index contributed by atoms with van der Waals surface area (Å²) in [4.78, 5) is 31.2. The molecular formula is C24H23N3O2S. The minimum Gasteiger partial charge on any atom is -0.351 e. The Hall–Kier alpha value is -3.25. The Labute approximate surface area is 179 Å². The van der Waals surface area contributed by atoms with Crippen LogP contribution in [0.5, 0.6) is 0 Å². The largest absolute Gasteiger partial charge is 0.351 e. The number of aryl methyl sites for hydroxylation is 2. The van der Waals surface area contributed by atoms with Gasteiger partial charge < -0.3 is 9.88 Å². The van der Waals surface area contributed by atoms with Gasteiger partial charge in [0, 0.05) is 17.7 Å². The molecule has 2 aromatic carbocycles. The monoisotopic (exact) mass is 417 g/mol. The maximum atomic E-state index is 13.2. The lowest BCUT2D eigenvalue weighted by Gasteiger charge is -2.14. The second-order valence-corrected chi connectivity index (χ2v) is 8.25. The molecule has 0 spiro atoms. The number of hydrogen-bond donors (Lipinski definition) is 1. The molecule has 152 valence electrons. The molecule has 0 aliphatic carbocycles. The van der Waals surface area contributed by atoms with Crippen molar-refractivity contribution in [3.63, 3.8) is 0 Å². The Bertz CT molecular complexity index is 1230. The van der Waals surface area contributed by atoms with E-state index < -0.39 is 0 Å². The number of amides is 1. The Morgan fingerprint density at radius 2 is 1.87 bits per heavy atom. The molecule has 1 N–H and O–H groups in total. The van der Waals surface area contributed by atoms with Gasteiger partial charge in [0.05, 0.1) is 24.1 Å². The molecule has 0 unspecified atom stereocenters. The van der Waals surface area contributed by atoms with Crippen LogP contribution in [0.1, 0.15) is 28.1 Å². The van der Waals surface area contributed by atoms with Gasteiger partial charge in [-0.1, -0.05) is 42.5 Å². The van der Waals surface area contributed by atoms with Crippen molar-refractivity contribution < 1.29 is 4.79 Å². The molecule has 2 aromatic heterocycles. The molecule has 0 bridgehead atoms. The smallest absolute Gasteiger partial charge is 0.273 e. The van der Waals surface area contributed by atoms with Crippen LogP contribution in [-0.2, 0) is 24.3 Å². The fourth-order valence-corrected chi connectivity index (χ4v) is 4.09. The Balaban J connectivity index is 1.57. The number of aromatic nitrogens is 2. The number of nitrogens with one attached hydrogen (secondary N) is 1. The average Bonchev–Trinajstić information content (AvgIpc) is 3.28. The number of rotatable bonds is 7. The summed E-state index contributed by atoms with van der Waals surface area (Å²) in [6, 6.07) is 19.6. The summed E-state index contributed by atoms with van der Waals surface area (Å²) >= 11 is 1.61. The molecule has 0 aliphatic heterocycles. The third kappa shape index (κ3) is 4.49. The number of fused-ring (bicyclic) bond motifs is 1. The van der Waals surface area contributed by atoms with Crippen molar-refractivity contribution in [1.29, 1.82) is 0 Å². The number of benzene rings is 2. The molecule has 4 rings (SSSR count). The number of thiophene rings is 1. The summed E-state index contributed by atoms with van der Waals surface area (Å²) in [5.41, 5.74) is 4.09. The van der Waals surface area contributed by atoms with E-state index in [0.717, 1.165) is 27.0 Å². The van der Waals surface area contributed by atoms with Gasteiger partial charge in [-0.3, -0.25) is 9.59 Å². The molecular weight excluding hydrogens is 394 g/mol. The zero-order chi connectivity index (χ0) is 20.9. The van der Waals surface area contributed by atoms with E-state index in [0.29, 0.717) is 25.2 Å². The minimum absolute atomic E-state index is 0.0804. The topological polar surface area (TPSA) is 64.0 Å². The van der Waals surface area contributed by atoms with Gasteiger partial charge in [0.15, 0.2) is 0 Å². The van der Waals surface area contributed by atoms with E-state index in [9.17, 15) is 9.59 Å². The summed E-state index contributed by atoms with van der Waals surface area (Å²) < 4.78 is 1.77. The third-order valence-electron chi connectivity index (χ3n) is 5.14. The molecule has 0 aliphatic rings. The van der Waals surface area contributed by atoms with Crippen molar-refractivity contribution in [3.05, 3.63) is 98.1 Å². The first kappa shape index (κ1) is 20.0. The van der Waals surface area contributed by atoms with Crippen LogP contribution in [0.4, 0.5) is 0 Å². The van der Waals surface area contributed by atoms with Gasteiger partial charge >= 0.3 is 0 Å². The minimum atomic E-state index is -0.136. The van der Waals surface area contributed by atoms with Crippen LogP contribution in [-0.4, -0.2) is 15.5 Å². The Kier molecular flexibility index (Phi) is 6.05. The van der Waals surface area contributed by atoms with Gasteiger partial charge in [-0.2, -0.15) is 0 Å². The Morgan fingerprint density at radius 3 is 2.67 bits per heavy atom. The first-order valence-electron chi connectivity index (χ1n) is 9.94. The van der Waals surface area contributed by atoms with E-state index in [2.05, 4.69) is 10.3 Å². The SMILES string of the molecule is Cc1ccccc1Cn1c(=O)c(CCC(=O)NCc2cccs2)nc2ccccc21. The lowest BCUT2D eigenvalue weighted by molar-refractivity contribution is -0.121. The standard InChI is InChI=1S/C24H23N3O2S/c1-17-7-2-3-8-18(17)16-27-22-11-5-4-10-20(22)26-21(24(27)29)12-13-23(28)25-15-19-9-6-14-30-19/h2-11,14H,12-13,15-16H2,1H3,(H,25,28). The quantitative estimate of drug-likeness (QED) is 0.493. The van der Waals surface area contributed by atoms with Gasteiger partial charge in [0.2, 0.25) is 5.91 Å². The first-order chi connectivity index (χ1) is 14.6. The molecule has 5 nitrogen and oxygen atoms in total. The fourth-order valence-electron chi connectivity index (χ4n) is 3.44. The van der Waals surface area contributed by atoms with E-state index >= 15 is 0 Å². The number of para-hydroxylation sites is 2. The lowest BCUT2D eigenvalue weighted by Crippen LogP contribution is -2.28. The van der Waals surface area contributed by atoms with Crippen LogP contribution in [0.3, 0.4) is 0 Å². The maximum absolute atomic E-state index is 13.2. The highest BCUT2D eigenvalue weighted by atomic mass is 32.1. The van der Waals surface area contributed by atoms with Crippen LogP contribution in [0, 0.1) is 6.92 Å². The number of carbonyl (C=O) groups is 1. The molecule has 4 aromatic rings. The second kappa shape index (κ2) is 9.05. The second-order valence-electron chi connectivity index (χ2n) is 7.22. The van der Waals surface area contributed by atoms with Crippen molar-refractivity contribution >= 4 is 28.3 Å². The molecule has 0 atom stereocenters. The van der Waals surface area contributed by atoms with Crippen LogP contribution in [0.25, 0.3) is 11.0 Å². The maximum Gasteiger partial charge on any atom is 0.273 e. The molecule has 1 amide bonds. The van der Waals surface area contributed by atoms with E-state index in [1.54, 1.807) is 15.9 Å². The highest BCUT2D eigenvalue weighted by Gasteiger charge is 2.13. The summed E-state index contributed by atoms with van der Waals surface area (Å²) in [6.45, 7) is 3.04. The van der Waals surface area contributed by atoms with E-state index in [4.69, 9.17) is 0 Å². The normalized spacial score (nSPS) is 11.0. The molecule has 0 saturated carbocycles. The zero-order valence-electron chi connectivity index (χ0n) is 16.8. The van der Waals surface area contributed by atoms with E-state index in [1.807, 2.05) is 73.0 Å². The van der Waals surface area contributed by atoms with Crippen molar-refractivity contribution in [2.45, 2.75) is 32.9 Å². The molecule has 6 heteroatoms. The zero-order valence-corrected chi connectivity index (χ0v) is 17.6. The van der Waals surface area contributed by atoms with Gasteiger partial charge in [-0.25, -0.2) is 4.98 Å². The first-order valence-corrected chi connectivity index (χ1v) is 10.8. The third-order valence-corrected chi connectivity index (χ3v) is 6.01. The van der Waals surface area contributed by atoms with Crippen LogP contribution in [0.15, 0.2) is 70.8 Å². The van der Waals surface area contributed by atoms with Gasteiger partial charge in [-0.15, -0.1) is 11.3 Å². The number of hydrogen-bond acceptors (Lipinski definition) is 4. The van der Waals surface area contributed by atoms with Crippen molar-refractivity contribution in [2.24, 2.45) is 0 Å². The van der Waals surface area contributed by atoms with Gasteiger partial charge in [-0.05, 0) is 41.6 Å². The molecule has 2 heterocycles. The molecule has 0 saturated heterocycles. The summed E-state index contributed by atoms with van der Waals surface area (Å²) in [6.07, 6.45) is 0.546. The Morgan fingerprint density at radius 1 is 1.07 bits per heavy atom. The van der Waals surface area contributed by atoms with E-state index in [-0.39, 0.29) is 17.9 Å². The molecule has 0 radical (unpaired) electrons. The lowest BCUT2D eigenvalue weighted by atomic mass is 10.1. The van der Waals surface area contributed by atoms with Gasteiger partial charge in [0.25, 0.3) is 5.56 Å². The summed E-state index contributed by atoms with van der Waals surface area (Å²) in [5, 5.41) is 4.89. The fraction of sp³-hybridized carbons (Fsp3) is 0.208. The molecule has 0 fully saturated rings. The van der Waals surface area contributed by atoms with Gasteiger partial charge in [0.1, 0.15) is 5.69 Å². The highest BCUT2D eigenvalue weighted by Crippen LogP contribution is 2.15. The van der Waals surface area contributed by atoms with Crippen LogP contribution in [0.2, 0.25) is 0 Å². The molecule has 30 heavy (non-hydrogen) atoms. The predicted molar refractivity (Wildman–Crippen MR) is 121 cm³/mol. The summed E-state index contributed by atoms with van der Waals surface area (Å²) in [7, 11) is 0.